The molecular formula is C19H16N2O6. The number of esters is 1. The number of ketones is 1. The molecule has 1 aromatic heterocycles. The molecule has 0 aliphatic rings. The molecule has 0 aliphatic heterocycles. The number of hydrogen-bond acceptors (Lipinski definition) is 7. The van der Waals surface area contributed by atoms with Gasteiger partial charge in [-0.05, 0) is 24.3 Å². The molecule has 0 saturated heterocycles. The number of benzene rings is 2. The Hall–Kier alpha value is -3.68. The van der Waals surface area contributed by atoms with Crippen molar-refractivity contribution in [1.82, 2.24) is 10.2 Å². The number of fused-ring (bicyclic) bond motifs is 1. The van der Waals surface area contributed by atoms with Gasteiger partial charge in [-0.15, -0.1) is 0 Å². The summed E-state index contributed by atoms with van der Waals surface area (Å²) in [5.74, 6) is -0.478. The van der Waals surface area contributed by atoms with Crippen LogP contribution in [-0.2, 0) is 4.74 Å². The smallest absolute Gasteiger partial charge is 0.359 e. The number of aromatic nitrogens is 2. The van der Waals surface area contributed by atoms with Crippen LogP contribution in [0.3, 0.4) is 0 Å². The van der Waals surface area contributed by atoms with Gasteiger partial charge in [0.2, 0.25) is 5.78 Å². The zero-order valence-corrected chi connectivity index (χ0v) is 14.6. The van der Waals surface area contributed by atoms with E-state index in [2.05, 4.69) is 10.2 Å². The zero-order chi connectivity index (χ0) is 19.4. The van der Waals surface area contributed by atoms with Crippen LogP contribution in [0.4, 0.5) is 0 Å². The Labute approximate surface area is 153 Å². The number of ether oxygens (including phenoxy) is 3. The molecule has 8 nitrogen and oxygen atoms in total. The largest absolute Gasteiger partial charge is 0.497 e. The van der Waals surface area contributed by atoms with Crippen molar-refractivity contribution in [3.63, 3.8) is 0 Å². The van der Waals surface area contributed by atoms with E-state index in [9.17, 15) is 14.4 Å². The van der Waals surface area contributed by atoms with Crippen molar-refractivity contribution >= 4 is 22.5 Å². The van der Waals surface area contributed by atoms with Crippen LogP contribution in [0.2, 0.25) is 0 Å². The molecule has 0 saturated carbocycles. The molecule has 0 radical (unpaired) electrons. The maximum absolute atomic E-state index is 12.5. The summed E-state index contributed by atoms with van der Waals surface area (Å²) in [7, 11) is 2.91. The molecule has 138 valence electrons. The zero-order valence-electron chi connectivity index (χ0n) is 14.6. The van der Waals surface area contributed by atoms with Crippen molar-refractivity contribution in [3.8, 4) is 11.5 Å². The van der Waals surface area contributed by atoms with Gasteiger partial charge in [0.25, 0.3) is 5.56 Å². The highest BCUT2D eigenvalue weighted by Gasteiger charge is 2.19. The fourth-order valence-corrected chi connectivity index (χ4v) is 2.58. The molecule has 27 heavy (non-hydrogen) atoms. The summed E-state index contributed by atoms with van der Waals surface area (Å²) in [5.41, 5.74) is -0.265. The monoisotopic (exact) mass is 368 g/mol. The third kappa shape index (κ3) is 3.64. The third-order valence-electron chi connectivity index (χ3n) is 3.93. The summed E-state index contributed by atoms with van der Waals surface area (Å²) >= 11 is 0. The van der Waals surface area contributed by atoms with Gasteiger partial charge in [0.05, 0.1) is 25.2 Å². The number of nitrogens with one attached hydrogen (secondary N) is 1. The molecule has 0 aliphatic carbocycles. The standard InChI is InChI=1S/C19H16N2O6/c1-25-11-7-8-16(26-2)14(9-11)15(22)10-27-19(24)17-12-5-3-4-6-13(12)18(23)21-20-17/h3-9H,10H2,1-2H3,(H,21,23). The number of aromatic amines is 1. The predicted octanol–water partition coefficient (Wildman–Crippen LogP) is 1.98. The molecular weight excluding hydrogens is 352 g/mol. The molecule has 0 unspecified atom stereocenters. The molecule has 0 spiro atoms. The lowest BCUT2D eigenvalue weighted by atomic mass is 10.1. The van der Waals surface area contributed by atoms with Gasteiger partial charge in [0, 0.05) is 5.39 Å². The van der Waals surface area contributed by atoms with E-state index in [1.54, 1.807) is 36.4 Å². The number of hydrogen-bond donors (Lipinski definition) is 1. The van der Waals surface area contributed by atoms with Crippen LogP contribution in [-0.4, -0.2) is 42.8 Å². The quantitative estimate of drug-likeness (QED) is 0.523. The summed E-state index contributed by atoms with van der Waals surface area (Å²) in [6.07, 6.45) is 0. The topological polar surface area (TPSA) is 108 Å². The molecule has 0 atom stereocenters. The first-order valence-electron chi connectivity index (χ1n) is 7.95. The molecule has 1 heterocycles. The van der Waals surface area contributed by atoms with Gasteiger partial charge in [0.15, 0.2) is 12.3 Å². The van der Waals surface area contributed by atoms with Crippen LogP contribution in [0.1, 0.15) is 20.8 Å². The van der Waals surface area contributed by atoms with Crippen LogP contribution in [0.5, 0.6) is 11.5 Å². The van der Waals surface area contributed by atoms with E-state index in [-0.39, 0.29) is 11.3 Å². The SMILES string of the molecule is COc1ccc(OC)c(C(=O)COC(=O)c2n[nH]c(=O)c3ccccc23)c1. The van der Waals surface area contributed by atoms with Gasteiger partial charge in [-0.2, -0.15) is 5.10 Å². The molecule has 0 fully saturated rings. The fourth-order valence-electron chi connectivity index (χ4n) is 2.58. The van der Waals surface area contributed by atoms with Crippen molar-refractivity contribution in [2.75, 3.05) is 20.8 Å². The molecule has 1 N–H and O–H groups in total. The highest BCUT2D eigenvalue weighted by molar-refractivity contribution is 6.04. The van der Waals surface area contributed by atoms with Crippen LogP contribution in [0, 0.1) is 0 Å². The minimum atomic E-state index is -0.822. The van der Waals surface area contributed by atoms with Crippen LogP contribution < -0.4 is 15.0 Å². The lowest BCUT2D eigenvalue weighted by molar-refractivity contribution is 0.0469. The Balaban J connectivity index is 1.82. The highest BCUT2D eigenvalue weighted by atomic mass is 16.5. The third-order valence-corrected chi connectivity index (χ3v) is 3.93. The van der Waals surface area contributed by atoms with Crippen molar-refractivity contribution in [2.45, 2.75) is 0 Å². The van der Waals surface area contributed by atoms with E-state index < -0.39 is 23.9 Å². The number of methoxy groups -OCH3 is 2. The summed E-state index contributed by atoms with van der Waals surface area (Å²) in [4.78, 5) is 36.6. The maximum Gasteiger partial charge on any atom is 0.359 e. The van der Waals surface area contributed by atoms with Gasteiger partial charge >= 0.3 is 5.97 Å². The predicted molar refractivity (Wildman–Crippen MR) is 96.5 cm³/mol. The van der Waals surface area contributed by atoms with Crippen LogP contribution >= 0.6 is 0 Å². The Morgan fingerprint density at radius 1 is 1.04 bits per heavy atom. The lowest BCUT2D eigenvalue weighted by Gasteiger charge is -2.10. The number of carbonyl (C=O) groups is 2. The Morgan fingerprint density at radius 2 is 1.78 bits per heavy atom. The van der Waals surface area contributed by atoms with E-state index >= 15 is 0 Å². The molecule has 3 aromatic rings. The average Bonchev–Trinajstić information content (AvgIpc) is 2.71. The van der Waals surface area contributed by atoms with Crippen LogP contribution in [0.25, 0.3) is 10.8 Å². The second-order valence-corrected chi connectivity index (χ2v) is 5.51. The Morgan fingerprint density at radius 3 is 2.48 bits per heavy atom. The summed E-state index contributed by atoms with van der Waals surface area (Å²) in [5, 5.41) is 6.65. The molecule has 8 heteroatoms. The number of nitrogens with zero attached hydrogens (tertiary/aromatic N) is 1. The lowest BCUT2D eigenvalue weighted by Crippen LogP contribution is -2.19. The van der Waals surface area contributed by atoms with Crippen molar-refractivity contribution in [3.05, 3.63) is 64.1 Å². The average molecular weight is 368 g/mol. The first kappa shape index (κ1) is 18.1. The second kappa shape index (κ2) is 7.69. The van der Waals surface area contributed by atoms with Gasteiger partial charge in [0.1, 0.15) is 11.5 Å². The maximum atomic E-state index is 12.5. The Kier molecular flexibility index (Phi) is 5.16. The summed E-state index contributed by atoms with van der Waals surface area (Å²) < 4.78 is 15.4. The Bertz CT molecular complexity index is 1070. The van der Waals surface area contributed by atoms with E-state index in [0.717, 1.165) is 0 Å². The number of H-pyrrole nitrogens is 1. The van der Waals surface area contributed by atoms with Gasteiger partial charge in [-0.25, -0.2) is 9.89 Å². The van der Waals surface area contributed by atoms with E-state index in [1.165, 1.54) is 20.3 Å². The highest BCUT2D eigenvalue weighted by Crippen LogP contribution is 2.24. The molecule has 0 amide bonds. The van der Waals surface area contributed by atoms with Crippen LogP contribution in [0.15, 0.2) is 47.3 Å². The minimum Gasteiger partial charge on any atom is -0.497 e. The van der Waals surface area contributed by atoms with Crippen molar-refractivity contribution < 1.29 is 23.8 Å². The van der Waals surface area contributed by atoms with E-state index in [4.69, 9.17) is 14.2 Å². The molecule has 0 bridgehead atoms. The van der Waals surface area contributed by atoms with E-state index in [1.807, 2.05) is 0 Å². The second-order valence-electron chi connectivity index (χ2n) is 5.51. The van der Waals surface area contributed by atoms with Crippen molar-refractivity contribution in [2.24, 2.45) is 0 Å². The van der Waals surface area contributed by atoms with Gasteiger partial charge in [-0.3, -0.25) is 9.59 Å². The summed E-state index contributed by atoms with van der Waals surface area (Å²) in [6.45, 7) is -0.516. The first-order chi connectivity index (χ1) is 13.0. The van der Waals surface area contributed by atoms with Gasteiger partial charge < -0.3 is 14.2 Å². The molecule has 2 aromatic carbocycles. The van der Waals surface area contributed by atoms with Crippen molar-refractivity contribution in [1.29, 1.82) is 0 Å². The number of rotatable bonds is 6. The summed E-state index contributed by atoms with van der Waals surface area (Å²) in [6, 6.07) is 11.2. The van der Waals surface area contributed by atoms with E-state index in [0.29, 0.717) is 22.3 Å². The normalized spacial score (nSPS) is 10.4. The fraction of sp³-hybridized carbons (Fsp3) is 0.158. The number of carbonyl (C=O) groups excluding carboxylic acids is 2. The van der Waals surface area contributed by atoms with Gasteiger partial charge in [-0.1, -0.05) is 18.2 Å². The number of Topliss-reactive ketones (excluding diaryl/α,β-unsaturated/α-hetero) is 1. The molecule has 3 rings (SSSR count). The minimum absolute atomic E-state index is 0.0735. The first-order valence-corrected chi connectivity index (χ1v) is 7.95.